The molecule has 2 amide bonds. The summed E-state index contributed by atoms with van der Waals surface area (Å²) in [5, 5.41) is 0. The van der Waals surface area contributed by atoms with Gasteiger partial charge in [-0.15, -0.1) is 0 Å². The van der Waals surface area contributed by atoms with E-state index in [4.69, 9.17) is 4.74 Å². The van der Waals surface area contributed by atoms with Crippen LogP contribution in [-0.2, 0) is 27.4 Å². The van der Waals surface area contributed by atoms with Gasteiger partial charge in [0.25, 0.3) is 11.5 Å². The summed E-state index contributed by atoms with van der Waals surface area (Å²) >= 11 is 0. The molecule has 0 bridgehead atoms. The van der Waals surface area contributed by atoms with Crippen LogP contribution in [0.15, 0.2) is 53.3 Å². The number of hydrogen-bond acceptors (Lipinski definition) is 6. The molecule has 0 saturated carbocycles. The van der Waals surface area contributed by atoms with Gasteiger partial charge in [0.15, 0.2) is 0 Å². The Balaban J connectivity index is 1.46. The molecule has 2 aromatic heterocycles. The van der Waals surface area contributed by atoms with Crippen molar-refractivity contribution in [3.05, 3.63) is 81.4 Å². The van der Waals surface area contributed by atoms with E-state index in [1.807, 2.05) is 0 Å². The highest BCUT2D eigenvalue weighted by atomic mass is 16.5. The molecular formula is C21H17N3O5. The Morgan fingerprint density at radius 3 is 2.72 bits per heavy atom. The van der Waals surface area contributed by atoms with Crippen LogP contribution in [0.1, 0.15) is 27.3 Å². The number of ether oxygens (including phenoxy) is 1. The average molecular weight is 391 g/mol. The Kier molecular flexibility index (Phi) is 4.67. The van der Waals surface area contributed by atoms with Gasteiger partial charge in [0.05, 0.1) is 12.1 Å². The first-order valence-electron chi connectivity index (χ1n) is 9.00. The molecule has 0 saturated heterocycles. The van der Waals surface area contributed by atoms with Crippen molar-refractivity contribution in [2.45, 2.75) is 20.0 Å². The largest absolute Gasteiger partial charge is 0.458 e. The van der Waals surface area contributed by atoms with Crippen molar-refractivity contribution in [2.24, 2.45) is 0 Å². The summed E-state index contributed by atoms with van der Waals surface area (Å²) in [6, 6.07) is 13.3. The number of hydrogen-bond donors (Lipinski definition) is 0. The minimum atomic E-state index is -0.752. The molecule has 0 radical (unpaired) electrons. The first-order chi connectivity index (χ1) is 13.9. The average Bonchev–Trinajstić information content (AvgIpc) is 2.69. The molecule has 0 spiro atoms. The fourth-order valence-corrected chi connectivity index (χ4v) is 3.33. The summed E-state index contributed by atoms with van der Waals surface area (Å²) in [7, 11) is 0. The van der Waals surface area contributed by atoms with Crippen molar-refractivity contribution >= 4 is 23.4 Å². The summed E-state index contributed by atoms with van der Waals surface area (Å²) in [6.45, 7) is 1.07. The topological polar surface area (TPSA) is 98.0 Å². The van der Waals surface area contributed by atoms with Crippen molar-refractivity contribution < 1.29 is 19.1 Å². The molecule has 0 N–H and O–H groups in total. The quantitative estimate of drug-likeness (QED) is 0.491. The number of fused-ring (bicyclic) bond motifs is 2. The third-order valence-corrected chi connectivity index (χ3v) is 4.74. The molecule has 0 fully saturated rings. The summed E-state index contributed by atoms with van der Waals surface area (Å²) in [4.78, 5) is 54.4. The van der Waals surface area contributed by atoms with Crippen LogP contribution in [0.2, 0.25) is 0 Å². The predicted octanol–water partition coefficient (Wildman–Crippen LogP) is 1.27. The van der Waals surface area contributed by atoms with Gasteiger partial charge in [-0.2, -0.15) is 0 Å². The van der Waals surface area contributed by atoms with Gasteiger partial charge in [-0.25, -0.2) is 4.98 Å². The molecule has 1 aliphatic heterocycles. The van der Waals surface area contributed by atoms with Gasteiger partial charge in [-0.1, -0.05) is 24.3 Å². The van der Waals surface area contributed by atoms with E-state index in [-0.39, 0.29) is 24.3 Å². The number of pyridine rings is 1. The molecule has 29 heavy (non-hydrogen) atoms. The van der Waals surface area contributed by atoms with Gasteiger partial charge < -0.3 is 4.74 Å². The zero-order valence-corrected chi connectivity index (χ0v) is 15.6. The standard InChI is InChI=1S/C21H17N3O5/c1-13-5-4-8-17-22-15(10-19(26)24(13)17)12-29-20(27)11-23-18(25)9-14-6-2-3-7-16(14)21(23)28/h2-8,10H,9,11-12H2,1H3. The van der Waals surface area contributed by atoms with Crippen molar-refractivity contribution in [2.75, 3.05) is 6.54 Å². The van der Waals surface area contributed by atoms with Crippen LogP contribution in [-0.4, -0.2) is 38.6 Å². The number of carbonyl (C=O) groups excluding carboxylic acids is 3. The minimum Gasteiger partial charge on any atom is -0.458 e. The monoisotopic (exact) mass is 391 g/mol. The lowest BCUT2D eigenvalue weighted by Gasteiger charge is -2.25. The maximum Gasteiger partial charge on any atom is 0.326 e. The Hall–Kier alpha value is -3.81. The van der Waals surface area contributed by atoms with Gasteiger partial charge in [0, 0.05) is 17.3 Å². The van der Waals surface area contributed by atoms with Crippen LogP contribution in [0.3, 0.4) is 0 Å². The molecule has 3 heterocycles. The van der Waals surface area contributed by atoms with E-state index < -0.39 is 24.3 Å². The highest BCUT2D eigenvalue weighted by Gasteiger charge is 2.32. The zero-order valence-electron chi connectivity index (χ0n) is 15.6. The smallest absolute Gasteiger partial charge is 0.326 e. The van der Waals surface area contributed by atoms with Crippen LogP contribution >= 0.6 is 0 Å². The molecule has 0 aliphatic carbocycles. The first kappa shape index (κ1) is 18.5. The predicted molar refractivity (Wildman–Crippen MR) is 102 cm³/mol. The van der Waals surface area contributed by atoms with Crippen LogP contribution in [0.4, 0.5) is 0 Å². The SMILES string of the molecule is Cc1cccc2nc(COC(=O)CN3C(=O)Cc4ccccc4C3=O)cc(=O)n12. The van der Waals surface area contributed by atoms with E-state index >= 15 is 0 Å². The molecule has 8 heteroatoms. The number of esters is 1. The molecule has 8 nitrogen and oxygen atoms in total. The maximum absolute atomic E-state index is 12.5. The first-order valence-corrected chi connectivity index (χ1v) is 9.00. The number of amides is 2. The summed E-state index contributed by atoms with van der Waals surface area (Å²) in [6.07, 6.45) is 0.0531. The van der Waals surface area contributed by atoms with Gasteiger partial charge >= 0.3 is 5.97 Å². The van der Waals surface area contributed by atoms with Gasteiger partial charge in [0.1, 0.15) is 18.8 Å². The van der Waals surface area contributed by atoms with E-state index in [0.717, 1.165) is 10.6 Å². The van der Waals surface area contributed by atoms with Crippen LogP contribution in [0, 0.1) is 6.92 Å². The van der Waals surface area contributed by atoms with Crippen molar-refractivity contribution in [3.63, 3.8) is 0 Å². The molecule has 0 atom stereocenters. The summed E-state index contributed by atoms with van der Waals surface area (Å²) in [5.74, 6) is -1.73. The number of nitrogens with zero attached hydrogens (tertiary/aromatic N) is 3. The van der Waals surface area contributed by atoms with Gasteiger partial charge in [-0.3, -0.25) is 28.5 Å². The fraction of sp³-hybridized carbons (Fsp3) is 0.190. The van der Waals surface area contributed by atoms with Crippen molar-refractivity contribution in [1.82, 2.24) is 14.3 Å². The second-order valence-corrected chi connectivity index (χ2v) is 6.73. The lowest BCUT2D eigenvalue weighted by atomic mass is 9.98. The number of carbonyl (C=O) groups is 3. The van der Waals surface area contributed by atoms with Crippen LogP contribution in [0.25, 0.3) is 5.65 Å². The Labute approximate surface area is 165 Å². The summed E-state index contributed by atoms with van der Waals surface area (Å²) < 4.78 is 6.61. The summed E-state index contributed by atoms with van der Waals surface area (Å²) in [5.41, 5.74) is 2.24. The third-order valence-electron chi connectivity index (χ3n) is 4.74. The van der Waals surface area contributed by atoms with E-state index in [1.165, 1.54) is 10.5 Å². The number of imide groups is 1. The molecule has 1 aromatic carbocycles. The third kappa shape index (κ3) is 3.52. The number of aromatic nitrogens is 2. The zero-order chi connectivity index (χ0) is 20.5. The second kappa shape index (κ2) is 7.31. The highest BCUT2D eigenvalue weighted by Crippen LogP contribution is 2.19. The second-order valence-electron chi connectivity index (χ2n) is 6.73. The molecule has 3 aromatic rings. The van der Waals surface area contributed by atoms with Crippen LogP contribution < -0.4 is 5.56 Å². The Morgan fingerprint density at radius 2 is 1.90 bits per heavy atom. The fourth-order valence-electron chi connectivity index (χ4n) is 3.33. The number of aryl methyl sites for hydroxylation is 1. The minimum absolute atomic E-state index is 0.0531. The number of benzene rings is 1. The highest BCUT2D eigenvalue weighted by molar-refractivity contribution is 6.11. The van der Waals surface area contributed by atoms with Crippen molar-refractivity contribution in [3.8, 4) is 0 Å². The molecular weight excluding hydrogens is 374 g/mol. The Bertz CT molecular complexity index is 1210. The molecule has 1 aliphatic rings. The van der Waals surface area contributed by atoms with E-state index in [1.54, 1.807) is 49.4 Å². The molecule has 0 unspecified atom stereocenters. The van der Waals surface area contributed by atoms with Crippen molar-refractivity contribution in [1.29, 1.82) is 0 Å². The lowest BCUT2D eigenvalue weighted by Crippen LogP contribution is -2.45. The van der Waals surface area contributed by atoms with E-state index in [0.29, 0.717) is 16.8 Å². The van der Waals surface area contributed by atoms with Gasteiger partial charge in [0.2, 0.25) is 5.91 Å². The molecule has 146 valence electrons. The van der Waals surface area contributed by atoms with E-state index in [9.17, 15) is 19.2 Å². The normalized spacial score (nSPS) is 13.5. The molecule has 4 rings (SSSR count). The lowest BCUT2D eigenvalue weighted by molar-refractivity contribution is -0.149. The van der Waals surface area contributed by atoms with Gasteiger partial charge in [-0.05, 0) is 30.7 Å². The Morgan fingerprint density at radius 1 is 1.10 bits per heavy atom. The van der Waals surface area contributed by atoms with Crippen LogP contribution in [0.5, 0.6) is 0 Å². The van der Waals surface area contributed by atoms with E-state index in [2.05, 4.69) is 4.98 Å². The maximum atomic E-state index is 12.5. The number of rotatable bonds is 4.